The van der Waals surface area contributed by atoms with Gasteiger partial charge in [-0.1, -0.05) is 25.0 Å². The Morgan fingerprint density at radius 2 is 1.67 bits per heavy atom. The zero-order chi connectivity index (χ0) is 20.0. The summed E-state index contributed by atoms with van der Waals surface area (Å²) in [7, 11) is 0. The number of nitrogens with zero attached hydrogens (tertiary/aromatic N) is 1. The van der Waals surface area contributed by atoms with Gasteiger partial charge in [0, 0.05) is 13.1 Å². The second-order valence-electron chi connectivity index (χ2n) is 7.86. The molecule has 1 aliphatic heterocycles. The van der Waals surface area contributed by atoms with Crippen molar-refractivity contribution in [1.82, 2.24) is 10.2 Å². The number of alkyl carbamates (subject to hydrolysis) is 1. The van der Waals surface area contributed by atoms with Crippen LogP contribution >= 0.6 is 0 Å². The highest BCUT2D eigenvalue weighted by atomic mass is 19.1. The molecule has 2 N–H and O–H groups in total. The molecule has 150 valence electrons. The lowest BCUT2D eigenvalue weighted by atomic mass is 10.0. The second-order valence-corrected chi connectivity index (χ2v) is 7.86. The van der Waals surface area contributed by atoms with E-state index in [4.69, 9.17) is 4.74 Å². The maximum absolute atomic E-state index is 13.2. The standard InChI is InChI=1S/C20H29FN2O4/c1-20(2,3)27-19(26)22-16(17(24)14-8-10-15(21)11-9-14)18(25)23-12-6-4-5-7-13-23/h8-11,16-17,24H,4-7,12-13H2,1-3H3,(H,22,26)/t16-,17+/m1/s1. The van der Waals surface area contributed by atoms with E-state index in [1.165, 1.54) is 24.3 Å². The molecule has 6 nitrogen and oxygen atoms in total. The van der Waals surface area contributed by atoms with E-state index in [2.05, 4.69) is 5.32 Å². The number of aliphatic hydroxyl groups excluding tert-OH is 1. The van der Waals surface area contributed by atoms with Gasteiger partial charge in [0.2, 0.25) is 5.91 Å². The summed E-state index contributed by atoms with van der Waals surface area (Å²) < 4.78 is 18.4. The summed E-state index contributed by atoms with van der Waals surface area (Å²) >= 11 is 0. The van der Waals surface area contributed by atoms with Crippen molar-refractivity contribution in [2.45, 2.75) is 64.2 Å². The lowest BCUT2D eigenvalue weighted by Gasteiger charge is -2.30. The minimum atomic E-state index is -1.31. The van der Waals surface area contributed by atoms with Crippen molar-refractivity contribution in [1.29, 1.82) is 0 Å². The smallest absolute Gasteiger partial charge is 0.408 e. The highest BCUT2D eigenvalue weighted by Crippen LogP contribution is 2.21. The Kier molecular flexibility index (Phi) is 7.18. The van der Waals surface area contributed by atoms with E-state index in [0.29, 0.717) is 18.7 Å². The van der Waals surface area contributed by atoms with Crippen molar-refractivity contribution >= 4 is 12.0 Å². The molecule has 1 heterocycles. The quantitative estimate of drug-likeness (QED) is 0.841. The number of nitrogens with one attached hydrogen (secondary N) is 1. The van der Waals surface area contributed by atoms with Gasteiger partial charge in [-0.05, 0) is 51.3 Å². The monoisotopic (exact) mass is 380 g/mol. The first-order chi connectivity index (χ1) is 12.7. The molecule has 0 aliphatic carbocycles. The Bertz CT molecular complexity index is 634. The van der Waals surface area contributed by atoms with Crippen LogP contribution in [-0.2, 0) is 9.53 Å². The molecular formula is C20H29FN2O4. The largest absolute Gasteiger partial charge is 0.444 e. The van der Waals surface area contributed by atoms with Crippen LogP contribution in [0.15, 0.2) is 24.3 Å². The van der Waals surface area contributed by atoms with Gasteiger partial charge >= 0.3 is 6.09 Å². The molecule has 7 heteroatoms. The molecular weight excluding hydrogens is 351 g/mol. The number of aliphatic hydroxyl groups is 1. The molecule has 1 saturated heterocycles. The lowest BCUT2D eigenvalue weighted by molar-refractivity contribution is -0.136. The van der Waals surface area contributed by atoms with E-state index in [9.17, 15) is 19.1 Å². The van der Waals surface area contributed by atoms with Crippen LogP contribution in [0.3, 0.4) is 0 Å². The fraction of sp³-hybridized carbons (Fsp3) is 0.600. The number of ether oxygens (including phenoxy) is 1. The molecule has 0 spiro atoms. The number of hydrogen-bond donors (Lipinski definition) is 2. The predicted molar refractivity (Wildman–Crippen MR) is 99.6 cm³/mol. The third kappa shape index (κ3) is 6.50. The van der Waals surface area contributed by atoms with Gasteiger partial charge < -0.3 is 20.1 Å². The van der Waals surface area contributed by atoms with Crippen LogP contribution in [-0.4, -0.2) is 46.7 Å². The molecule has 0 aromatic heterocycles. The molecule has 0 bridgehead atoms. The predicted octanol–water partition coefficient (Wildman–Crippen LogP) is 3.16. The summed E-state index contributed by atoms with van der Waals surface area (Å²) in [5.41, 5.74) is -0.387. The summed E-state index contributed by atoms with van der Waals surface area (Å²) in [6, 6.07) is 4.02. The summed E-state index contributed by atoms with van der Waals surface area (Å²) in [4.78, 5) is 27.0. The molecule has 0 saturated carbocycles. The minimum Gasteiger partial charge on any atom is -0.444 e. The summed E-state index contributed by atoms with van der Waals surface area (Å²) in [6.07, 6.45) is 1.78. The summed E-state index contributed by atoms with van der Waals surface area (Å²) in [6.45, 7) is 6.32. The van der Waals surface area contributed by atoms with E-state index in [-0.39, 0.29) is 5.91 Å². The Morgan fingerprint density at radius 1 is 1.11 bits per heavy atom. The number of halogens is 1. The highest BCUT2D eigenvalue weighted by Gasteiger charge is 2.34. The highest BCUT2D eigenvalue weighted by molar-refractivity contribution is 5.86. The Morgan fingerprint density at radius 3 is 2.19 bits per heavy atom. The van der Waals surface area contributed by atoms with Gasteiger partial charge in [0.05, 0.1) is 0 Å². The third-order valence-corrected chi connectivity index (χ3v) is 4.38. The van der Waals surface area contributed by atoms with E-state index in [1.807, 2.05) is 0 Å². The number of carbonyl (C=O) groups excluding carboxylic acids is 2. The normalized spacial score (nSPS) is 17.6. The van der Waals surface area contributed by atoms with Crippen molar-refractivity contribution < 1.29 is 23.8 Å². The van der Waals surface area contributed by atoms with E-state index in [1.54, 1.807) is 25.7 Å². The Hall–Kier alpha value is -2.15. The molecule has 27 heavy (non-hydrogen) atoms. The van der Waals surface area contributed by atoms with Crippen LogP contribution in [0.5, 0.6) is 0 Å². The van der Waals surface area contributed by atoms with Gasteiger partial charge in [0.1, 0.15) is 23.6 Å². The average Bonchev–Trinajstić information content (AvgIpc) is 2.87. The Balaban J connectivity index is 2.22. The molecule has 1 aliphatic rings. The summed E-state index contributed by atoms with van der Waals surface area (Å²) in [5.74, 6) is -0.805. The van der Waals surface area contributed by atoms with Crippen molar-refractivity contribution in [3.8, 4) is 0 Å². The fourth-order valence-corrected chi connectivity index (χ4v) is 3.05. The minimum absolute atomic E-state index is 0.348. The zero-order valence-corrected chi connectivity index (χ0v) is 16.2. The van der Waals surface area contributed by atoms with Crippen molar-refractivity contribution in [3.05, 3.63) is 35.6 Å². The maximum Gasteiger partial charge on any atom is 0.408 e. The average molecular weight is 380 g/mol. The van der Waals surface area contributed by atoms with Crippen LogP contribution < -0.4 is 5.32 Å². The van der Waals surface area contributed by atoms with Gasteiger partial charge in [-0.15, -0.1) is 0 Å². The molecule has 0 unspecified atom stereocenters. The number of amides is 2. The van der Waals surface area contributed by atoms with Gasteiger partial charge in [0.15, 0.2) is 0 Å². The van der Waals surface area contributed by atoms with Crippen LogP contribution in [0.2, 0.25) is 0 Å². The number of rotatable bonds is 4. The molecule has 1 aromatic carbocycles. The van der Waals surface area contributed by atoms with Crippen LogP contribution in [0, 0.1) is 5.82 Å². The second kappa shape index (κ2) is 9.17. The number of benzene rings is 1. The van der Waals surface area contributed by atoms with Gasteiger partial charge in [0.25, 0.3) is 0 Å². The molecule has 2 atom stereocenters. The summed E-state index contributed by atoms with van der Waals surface area (Å²) in [5, 5.41) is 13.3. The first kappa shape index (κ1) is 21.2. The van der Waals surface area contributed by atoms with E-state index in [0.717, 1.165) is 25.7 Å². The van der Waals surface area contributed by atoms with Gasteiger partial charge in [-0.2, -0.15) is 0 Å². The van der Waals surface area contributed by atoms with Crippen molar-refractivity contribution in [3.63, 3.8) is 0 Å². The van der Waals surface area contributed by atoms with Gasteiger partial charge in [-0.3, -0.25) is 4.79 Å². The lowest BCUT2D eigenvalue weighted by Crippen LogP contribution is -2.52. The molecule has 2 amide bonds. The van der Waals surface area contributed by atoms with E-state index < -0.39 is 29.7 Å². The fourth-order valence-electron chi connectivity index (χ4n) is 3.05. The maximum atomic E-state index is 13.2. The number of hydrogen-bond acceptors (Lipinski definition) is 4. The first-order valence-electron chi connectivity index (χ1n) is 9.39. The Labute approximate surface area is 159 Å². The van der Waals surface area contributed by atoms with Crippen LogP contribution in [0.25, 0.3) is 0 Å². The molecule has 0 radical (unpaired) electrons. The topological polar surface area (TPSA) is 78.9 Å². The third-order valence-electron chi connectivity index (χ3n) is 4.38. The van der Waals surface area contributed by atoms with Crippen molar-refractivity contribution in [2.24, 2.45) is 0 Å². The zero-order valence-electron chi connectivity index (χ0n) is 16.2. The van der Waals surface area contributed by atoms with E-state index >= 15 is 0 Å². The molecule has 1 aromatic rings. The first-order valence-corrected chi connectivity index (χ1v) is 9.39. The molecule has 2 rings (SSSR count). The van der Waals surface area contributed by atoms with Crippen LogP contribution in [0.4, 0.5) is 9.18 Å². The van der Waals surface area contributed by atoms with Gasteiger partial charge in [-0.25, -0.2) is 9.18 Å². The SMILES string of the molecule is CC(C)(C)OC(=O)N[C@@H](C(=O)N1CCCCCC1)[C@@H](O)c1ccc(F)cc1. The number of likely N-dealkylation sites (tertiary alicyclic amines) is 1. The molecule has 1 fully saturated rings. The van der Waals surface area contributed by atoms with Crippen molar-refractivity contribution in [2.75, 3.05) is 13.1 Å². The number of carbonyl (C=O) groups is 2. The van der Waals surface area contributed by atoms with Crippen LogP contribution in [0.1, 0.15) is 58.1 Å².